The minimum absolute atomic E-state index is 0.00108. The highest BCUT2D eigenvalue weighted by molar-refractivity contribution is 5.76. The fraction of sp³-hybridized carbons (Fsp3) is 0.909. The number of ether oxygens (including phenoxy) is 1. The number of hydrogen-bond acceptors (Lipinski definition) is 5. The van der Waals surface area contributed by atoms with Gasteiger partial charge in [0.25, 0.3) is 0 Å². The molecule has 0 aliphatic carbocycles. The largest absolute Gasteiger partial charge is 0.466 e. The molecule has 0 aliphatic heterocycles. The van der Waals surface area contributed by atoms with Gasteiger partial charge >= 0.3 is 5.97 Å². The average Bonchev–Trinajstić information content (AvgIpc) is 3.38. The molecule has 0 spiro atoms. The third-order valence-corrected chi connectivity index (χ3v) is 15.2. The molecule has 72 heavy (non-hydrogen) atoms. The van der Waals surface area contributed by atoms with Crippen LogP contribution in [0.15, 0.2) is 24.3 Å². The van der Waals surface area contributed by atoms with E-state index in [9.17, 15) is 19.8 Å². The molecular weight excluding hydrogens is 887 g/mol. The van der Waals surface area contributed by atoms with Crippen LogP contribution in [0.2, 0.25) is 0 Å². The predicted octanol–water partition coefficient (Wildman–Crippen LogP) is 20.6. The number of aliphatic hydroxyl groups is 2. The molecule has 426 valence electrons. The molecule has 0 aromatic rings. The lowest BCUT2D eigenvalue weighted by atomic mass is 10.0. The minimum Gasteiger partial charge on any atom is -0.466 e. The van der Waals surface area contributed by atoms with Crippen LogP contribution in [0.25, 0.3) is 0 Å². The fourth-order valence-electron chi connectivity index (χ4n) is 10.2. The summed E-state index contributed by atoms with van der Waals surface area (Å²) in [5, 5.41) is 23.2. The SMILES string of the molecule is CCCCCCCC/C=C\CCCCCCCC(=O)OCCCCCCCCCCCCCCCCCCCCCC(=O)NC(CO)C(O)/C=C/CCCCCCCCCCCCCCCCCCCCC. The Morgan fingerprint density at radius 1 is 0.375 bits per heavy atom. The molecule has 0 radical (unpaired) electrons. The normalized spacial score (nSPS) is 12.7. The number of nitrogens with one attached hydrogen (secondary N) is 1. The maximum atomic E-state index is 12.5. The number of amides is 1. The standard InChI is InChI=1S/C66H127NO5/c1-3-5-7-9-11-13-15-17-19-20-21-22-24-27-31-34-38-42-46-50-54-58-64(69)63(62-68)67-65(70)59-55-51-47-43-39-35-32-28-25-23-26-29-33-37-41-45-49-53-57-61-72-66(71)60-56-52-48-44-40-36-30-18-16-14-12-10-8-6-4-2/h18,30,54,58,63-64,68-69H,3-17,19-29,31-53,55-57,59-62H2,1-2H3,(H,67,70)/b30-18-,58-54+. The lowest BCUT2D eigenvalue weighted by Crippen LogP contribution is -2.45. The third-order valence-electron chi connectivity index (χ3n) is 15.2. The van der Waals surface area contributed by atoms with Gasteiger partial charge in [0.15, 0.2) is 0 Å². The lowest BCUT2D eigenvalue weighted by Gasteiger charge is -2.20. The highest BCUT2D eigenvalue weighted by Gasteiger charge is 2.18. The van der Waals surface area contributed by atoms with Crippen molar-refractivity contribution in [3.63, 3.8) is 0 Å². The van der Waals surface area contributed by atoms with E-state index in [0.29, 0.717) is 19.4 Å². The van der Waals surface area contributed by atoms with Crippen molar-refractivity contribution in [1.29, 1.82) is 0 Å². The number of allylic oxidation sites excluding steroid dienone is 3. The fourth-order valence-corrected chi connectivity index (χ4v) is 10.2. The van der Waals surface area contributed by atoms with E-state index in [0.717, 1.165) is 44.9 Å². The van der Waals surface area contributed by atoms with Crippen molar-refractivity contribution in [3.05, 3.63) is 24.3 Å². The zero-order valence-corrected chi connectivity index (χ0v) is 48.7. The molecule has 6 nitrogen and oxygen atoms in total. The van der Waals surface area contributed by atoms with Gasteiger partial charge in [-0.1, -0.05) is 314 Å². The van der Waals surface area contributed by atoms with Crippen molar-refractivity contribution in [1.82, 2.24) is 5.32 Å². The van der Waals surface area contributed by atoms with Crippen molar-refractivity contribution in [2.45, 2.75) is 373 Å². The second-order valence-electron chi connectivity index (χ2n) is 22.5. The quantitative estimate of drug-likeness (QED) is 0.0320. The van der Waals surface area contributed by atoms with Crippen molar-refractivity contribution in [3.8, 4) is 0 Å². The third kappa shape index (κ3) is 57.6. The number of rotatable bonds is 61. The van der Waals surface area contributed by atoms with E-state index in [-0.39, 0.29) is 18.5 Å². The molecular formula is C66H127NO5. The first-order chi connectivity index (χ1) is 35.5. The molecule has 0 saturated heterocycles. The molecule has 0 saturated carbocycles. The molecule has 0 rings (SSSR count). The maximum Gasteiger partial charge on any atom is 0.305 e. The second kappa shape index (κ2) is 61.9. The van der Waals surface area contributed by atoms with Crippen LogP contribution < -0.4 is 5.32 Å². The number of esters is 1. The second-order valence-corrected chi connectivity index (χ2v) is 22.5. The van der Waals surface area contributed by atoms with Gasteiger partial charge in [-0.2, -0.15) is 0 Å². The van der Waals surface area contributed by atoms with E-state index in [2.05, 4.69) is 31.3 Å². The van der Waals surface area contributed by atoms with Crippen LogP contribution in [0.4, 0.5) is 0 Å². The molecule has 0 fully saturated rings. The summed E-state index contributed by atoms with van der Waals surface area (Å²) in [5.74, 6) is -0.0664. The molecule has 0 aromatic carbocycles. The van der Waals surface area contributed by atoms with Crippen molar-refractivity contribution < 1.29 is 24.5 Å². The summed E-state index contributed by atoms with van der Waals surface area (Å²) in [6.45, 7) is 4.92. The number of unbranched alkanes of at least 4 members (excludes halogenated alkanes) is 48. The van der Waals surface area contributed by atoms with E-state index in [1.807, 2.05) is 6.08 Å². The average molecular weight is 1010 g/mol. The van der Waals surface area contributed by atoms with E-state index in [1.54, 1.807) is 6.08 Å². The summed E-state index contributed by atoms with van der Waals surface area (Å²) < 4.78 is 5.48. The molecule has 0 heterocycles. The predicted molar refractivity (Wildman–Crippen MR) is 315 cm³/mol. The van der Waals surface area contributed by atoms with E-state index in [1.165, 1.54) is 289 Å². The lowest BCUT2D eigenvalue weighted by molar-refractivity contribution is -0.143. The van der Waals surface area contributed by atoms with Gasteiger partial charge in [-0.25, -0.2) is 0 Å². The van der Waals surface area contributed by atoms with Gasteiger partial charge in [0.05, 0.1) is 25.4 Å². The van der Waals surface area contributed by atoms with E-state index >= 15 is 0 Å². The molecule has 2 unspecified atom stereocenters. The highest BCUT2D eigenvalue weighted by atomic mass is 16.5. The molecule has 3 N–H and O–H groups in total. The van der Waals surface area contributed by atoms with Crippen LogP contribution in [0.5, 0.6) is 0 Å². The van der Waals surface area contributed by atoms with Crippen LogP contribution in [-0.2, 0) is 14.3 Å². The van der Waals surface area contributed by atoms with E-state index in [4.69, 9.17) is 4.74 Å². The molecule has 2 atom stereocenters. The smallest absolute Gasteiger partial charge is 0.305 e. The van der Waals surface area contributed by atoms with Crippen LogP contribution in [0, 0.1) is 0 Å². The topological polar surface area (TPSA) is 95.9 Å². The zero-order chi connectivity index (χ0) is 52.2. The van der Waals surface area contributed by atoms with Gasteiger partial charge in [0.1, 0.15) is 0 Å². The Balaban J connectivity index is 3.43. The number of aliphatic hydroxyl groups excluding tert-OH is 2. The minimum atomic E-state index is -0.847. The first-order valence-electron chi connectivity index (χ1n) is 32.6. The van der Waals surface area contributed by atoms with Crippen molar-refractivity contribution in [2.24, 2.45) is 0 Å². The Hall–Kier alpha value is -1.66. The summed E-state index contributed by atoms with van der Waals surface area (Å²) in [6, 6.07) is -0.631. The number of hydrogen-bond donors (Lipinski definition) is 3. The van der Waals surface area contributed by atoms with Crippen LogP contribution in [0.3, 0.4) is 0 Å². The zero-order valence-electron chi connectivity index (χ0n) is 48.7. The Bertz CT molecular complexity index is 1120. The Labute approximate surface area is 450 Å². The van der Waals surface area contributed by atoms with Gasteiger partial charge in [0.2, 0.25) is 5.91 Å². The Morgan fingerprint density at radius 2 is 0.653 bits per heavy atom. The first kappa shape index (κ1) is 70.3. The van der Waals surface area contributed by atoms with Crippen molar-refractivity contribution >= 4 is 11.9 Å². The van der Waals surface area contributed by atoms with E-state index < -0.39 is 12.1 Å². The highest BCUT2D eigenvalue weighted by Crippen LogP contribution is 2.18. The summed E-state index contributed by atoms with van der Waals surface area (Å²) >= 11 is 0. The Morgan fingerprint density at radius 3 is 0.986 bits per heavy atom. The van der Waals surface area contributed by atoms with Gasteiger partial charge < -0.3 is 20.3 Å². The summed E-state index contributed by atoms with van der Waals surface area (Å²) in [6.07, 6.45) is 76.5. The summed E-state index contributed by atoms with van der Waals surface area (Å²) in [7, 11) is 0. The molecule has 6 heteroatoms. The molecule has 0 aromatic heterocycles. The maximum absolute atomic E-state index is 12.5. The van der Waals surface area contributed by atoms with Crippen molar-refractivity contribution in [2.75, 3.05) is 13.2 Å². The number of carbonyl (C=O) groups excluding carboxylic acids is 2. The van der Waals surface area contributed by atoms with Crippen LogP contribution in [-0.4, -0.2) is 47.4 Å². The van der Waals surface area contributed by atoms with Crippen LogP contribution >= 0.6 is 0 Å². The van der Waals surface area contributed by atoms with Crippen LogP contribution in [0.1, 0.15) is 361 Å². The first-order valence-corrected chi connectivity index (χ1v) is 32.6. The summed E-state index contributed by atoms with van der Waals surface area (Å²) in [4.78, 5) is 24.6. The molecule has 0 aliphatic rings. The number of carbonyl (C=O) groups is 2. The summed E-state index contributed by atoms with van der Waals surface area (Å²) in [5.41, 5.74) is 0. The Kier molecular flexibility index (Phi) is 60.5. The van der Waals surface area contributed by atoms with Gasteiger partial charge in [-0.3, -0.25) is 9.59 Å². The molecule has 0 bridgehead atoms. The monoisotopic (exact) mass is 1010 g/mol. The van der Waals surface area contributed by atoms with Gasteiger partial charge in [0, 0.05) is 12.8 Å². The molecule has 1 amide bonds. The van der Waals surface area contributed by atoms with Gasteiger partial charge in [-0.05, 0) is 57.8 Å². The van der Waals surface area contributed by atoms with Gasteiger partial charge in [-0.15, -0.1) is 0 Å².